The van der Waals surface area contributed by atoms with E-state index in [1.807, 2.05) is 6.92 Å². The molecule has 2 rings (SSSR count). The van der Waals surface area contributed by atoms with Gasteiger partial charge in [0, 0.05) is 17.6 Å². The monoisotopic (exact) mass is 253 g/mol. The molecule has 3 heteroatoms. The van der Waals surface area contributed by atoms with E-state index in [0.717, 1.165) is 24.8 Å². The molecule has 0 saturated heterocycles. The minimum Gasteiger partial charge on any atom is -0.307 e. The molecule has 0 amide bonds. The van der Waals surface area contributed by atoms with Crippen molar-refractivity contribution in [2.45, 2.75) is 51.6 Å². The molecule has 2 atom stereocenters. The highest BCUT2D eigenvalue weighted by molar-refractivity contribution is 5.22. The molecule has 0 bridgehead atoms. The zero-order valence-electron chi connectivity index (χ0n) is 11.0. The molecule has 1 aliphatic rings. The topological polar surface area (TPSA) is 12.0 Å². The van der Waals surface area contributed by atoms with E-state index in [-0.39, 0.29) is 6.04 Å². The van der Waals surface area contributed by atoms with Crippen molar-refractivity contribution < 1.29 is 8.78 Å². The Morgan fingerprint density at radius 1 is 1.33 bits per heavy atom. The summed E-state index contributed by atoms with van der Waals surface area (Å²) < 4.78 is 26.8. The van der Waals surface area contributed by atoms with Gasteiger partial charge in [0.15, 0.2) is 11.6 Å². The molecule has 1 N–H and O–H groups in total. The number of rotatable bonds is 6. The molecule has 100 valence electrons. The van der Waals surface area contributed by atoms with Gasteiger partial charge in [0.25, 0.3) is 0 Å². The van der Waals surface area contributed by atoms with E-state index in [1.54, 1.807) is 12.1 Å². The highest BCUT2D eigenvalue weighted by Gasteiger charge is 2.26. The van der Waals surface area contributed by atoms with Gasteiger partial charge in [0.1, 0.15) is 0 Å². The third kappa shape index (κ3) is 3.29. The quantitative estimate of drug-likeness (QED) is 0.801. The number of halogens is 2. The van der Waals surface area contributed by atoms with Crippen molar-refractivity contribution >= 4 is 0 Å². The van der Waals surface area contributed by atoms with Crippen molar-refractivity contribution in [1.82, 2.24) is 5.32 Å². The second kappa shape index (κ2) is 5.79. The average Bonchev–Trinajstić information content (AvgIpc) is 3.15. The SMILES string of the molecule is CCC(CC1CC1)NC(C)c1cccc(F)c1F. The summed E-state index contributed by atoms with van der Waals surface area (Å²) in [4.78, 5) is 0. The Morgan fingerprint density at radius 3 is 2.67 bits per heavy atom. The van der Waals surface area contributed by atoms with E-state index < -0.39 is 11.6 Å². The smallest absolute Gasteiger partial charge is 0.163 e. The summed E-state index contributed by atoms with van der Waals surface area (Å²) >= 11 is 0. The Morgan fingerprint density at radius 2 is 2.06 bits per heavy atom. The van der Waals surface area contributed by atoms with E-state index in [2.05, 4.69) is 12.2 Å². The predicted molar refractivity (Wildman–Crippen MR) is 69.3 cm³/mol. The molecule has 18 heavy (non-hydrogen) atoms. The summed E-state index contributed by atoms with van der Waals surface area (Å²) in [6.07, 6.45) is 4.82. The van der Waals surface area contributed by atoms with Gasteiger partial charge in [-0.3, -0.25) is 0 Å². The molecule has 0 heterocycles. The summed E-state index contributed by atoms with van der Waals surface area (Å²) in [5, 5.41) is 3.42. The lowest BCUT2D eigenvalue weighted by Crippen LogP contribution is -2.32. The van der Waals surface area contributed by atoms with Crippen molar-refractivity contribution in [2.24, 2.45) is 5.92 Å². The molecule has 1 nitrogen and oxygen atoms in total. The maximum atomic E-state index is 13.7. The fraction of sp³-hybridized carbons (Fsp3) is 0.600. The predicted octanol–water partition coefficient (Wildman–Crippen LogP) is 4.19. The van der Waals surface area contributed by atoms with Crippen molar-refractivity contribution in [1.29, 1.82) is 0 Å². The fourth-order valence-corrected chi connectivity index (χ4v) is 2.41. The van der Waals surface area contributed by atoms with Crippen LogP contribution in [-0.2, 0) is 0 Å². The van der Waals surface area contributed by atoms with Crippen LogP contribution in [0.1, 0.15) is 51.1 Å². The lowest BCUT2D eigenvalue weighted by molar-refractivity contribution is 0.391. The molecular formula is C15H21F2N. The first kappa shape index (κ1) is 13.5. The van der Waals surface area contributed by atoms with Crippen LogP contribution in [0.2, 0.25) is 0 Å². The van der Waals surface area contributed by atoms with Crippen molar-refractivity contribution in [3.05, 3.63) is 35.4 Å². The number of hydrogen-bond acceptors (Lipinski definition) is 1. The minimum atomic E-state index is -0.767. The van der Waals surface area contributed by atoms with Crippen molar-refractivity contribution in [2.75, 3.05) is 0 Å². The largest absolute Gasteiger partial charge is 0.307 e. The second-order valence-corrected chi connectivity index (χ2v) is 5.32. The van der Waals surface area contributed by atoms with Crippen LogP contribution in [0.15, 0.2) is 18.2 Å². The van der Waals surface area contributed by atoms with E-state index in [4.69, 9.17) is 0 Å². The maximum absolute atomic E-state index is 13.7. The van der Waals surface area contributed by atoms with Gasteiger partial charge in [-0.2, -0.15) is 0 Å². The third-order valence-corrected chi connectivity index (χ3v) is 3.74. The summed E-state index contributed by atoms with van der Waals surface area (Å²) in [6.45, 7) is 4.03. The molecule has 0 aromatic heterocycles. The summed E-state index contributed by atoms with van der Waals surface area (Å²) in [6, 6.07) is 4.63. The van der Waals surface area contributed by atoms with Crippen molar-refractivity contribution in [3.63, 3.8) is 0 Å². The number of nitrogens with one attached hydrogen (secondary N) is 1. The van der Waals surface area contributed by atoms with Crippen LogP contribution in [0, 0.1) is 17.6 Å². The van der Waals surface area contributed by atoms with Crippen LogP contribution in [0.5, 0.6) is 0 Å². The molecule has 0 aliphatic heterocycles. The highest BCUT2D eigenvalue weighted by atomic mass is 19.2. The van der Waals surface area contributed by atoms with Gasteiger partial charge in [0.05, 0.1) is 0 Å². The van der Waals surface area contributed by atoms with Crippen molar-refractivity contribution in [3.8, 4) is 0 Å². The van der Waals surface area contributed by atoms with Gasteiger partial charge >= 0.3 is 0 Å². The van der Waals surface area contributed by atoms with Gasteiger partial charge in [-0.1, -0.05) is 31.9 Å². The molecule has 0 spiro atoms. The van der Waals surface area contributed by atoms with Crippen LogP contribution in [0.3, 0.4) is 0 Å². The second-order valence-electron chi connectivity index (χ2n) is 5.32. The first-order chi connectivity index (χ1) is 8.61. The first-order valence-electron chi connectivity index (χ1n) is 6.81. The van der Waals surface area contributed by atoms with E-state index >= 15 is 0 Å². The van der Waals surface area contributed by atoms with Crippen LogP contribution in [-0.4, -0.2) is 6.04 Å². The van der Waals surface area contributed by atoms with Gasteiger partial charge in [-0.25, -0.2) is 8.78 Å². The average molecular weight is 253 g/mol. The van der Waals surface area contributed by atoms with E-state index in [0.29, 0.717) is 11.6 Å². The normalized spacial score (nSPS) is 18.7. The lowest BCUT2D eigenvalue weighted by atomic mass is 10.0. The minimum absolute atomic E-state index is 0.149. The molecule has 1 fully saturated rings. The molecule has 1 aromatic rings. The zero-order chi connectivity index (χ0) is 13.1. The zero-order valence-corrected chi connectivity index (χ0v) is 11.0. The third-order valence-electron chi connectivity index (χ3n) is 3.74. The Balaban J connectivity index is 2.00. The number of hydrogen-bond donors (Lipinski definition) is 1. The Hall–Kier alpha value is -0.960. The van der Waals surface area contributed by atoms with Crippen LogP contribution in [0.25, 0.3) is 0 Å². The van der Waals surface area contributed by atoms with Crippen LogP contribution >= 0.6 is 0 Å². The molecule has 1 aromatic carbocycles. The molecule has 1 saturated carbocycles. The molecule has 1 aliphatic carbocycles. The van der Waals surface area contributed by atoms with Gasteiger partial charge in [0.2, 0.25) is 0 Å². The molecular weight excluding hydrogens is 232 g/mol. The van der Waals surface area contributed by atoms with E-state index in [1.165, 1.54) is 12.8 Å². The Kier molecular flexibility index (Phi) is 4.33. The van der Waals surface area contributed by atoms with Crippen LogP contribution in [0.4, 0.5) is 8.78 Å². The van der Waals surface area contributed by atoms with Crippen LogP contribution < -0.4 is 5.32 Å². The first-order valence-corrected chi connectivity index (χ1v) is 6.81. The van der Waals surface area contributed by atoms with Gasteiger partial charge in [-0.15, -0.1) is 0 Å². The van der Waals surface area contributed by atoms with E-state index in [9.17, 15) is 8.78 Å². The lowest BCUT2D eigenvalue weighted by Gasteiger charge is -2.23. The molecule has 2 unspecified atom stereocenters. The highest BCUT2D eigenvalue weighted by Crippen LogP contribution is 2.34. The van der Waals surface area contributed by atoms with Gasteiger partial charge in [-0.05, 0) is 31.7 Å². The summed E-state index contributed by atoms with van der Waals surface area (Å²) in [5.74, 6) is -0.651. The standard InChI is InChI=1S/C15H21F2N/c1-3-12(9-11-7-8-11)18-10(2)13-5-4-6-14(16)15(13)17/h4-6,10-12,18H,3,7-9H2,1-2H3. The Labute approximate surface area is 108 Å². The molecule has 0 radical (unpaired) electrons. The fourth-order valence-electron chi connectivity index (χ4n) is 2.41. The van der Waals surface area contributed by atoms with Gasteiger partial charge < -0.3 is 5.32 Å². The Bertz CT molecular complexity index is 401. The summed E-state index contributed by atoms with van der Waals surface area (Å²) in [7, 11) is 0. The number of benzene rings is 1. The maximum Gasteiger partial charge on any atom is 0.163 e. The summed E-state index contributed by atoms with van der Waals surface area (Å²) in [5.41, 5.74) is 0.421.